The Morgan fingerprint density at radius 3 is 2.23 bits per heavy atom. The van der Waals surface area contributed by atoms with Gasteiger partial charge in [-0.15, -0.1) is 0 Å². The molecule has 0 saturated carbocycles. The maximum absolute atomic E-state index is 8.49. The summed E-state index contributed by atoms with van der Waals surface area (Å²) in [6.07, 6.45) is 0. The van der Waals surface area contributed by atoms with Crippen LogP contribution < -0.4 is 4.65 Å². The van der Waals surface area contributed by atoms with E-state index in [2.05, 4.69) is 4.65 Å². The zero-order chi connectivity index (χ0) is 10.0. The average Bonchev–Trinajstić information content (AvgIpc) is 2.06. The van der Waals surface area contributed by atoms with Crippen LogP contribution in [0.5, 0.6) is 5.75 Å². The molecule has 0 amide bonds. The lowest BCUT2D eigenvalue weighted by atomic mass is 10.2. The van der Waals surface area contributed by atoms with Crippen LogP contribution in [0.25, 0.3) is 0 Å². The second-order valence-electron chi connectivity index (χ2n) is 2.12. The molecule has 0 radical (unpaired) electrons. The summed E-state index contributed by atoms with van der Waals surface area (Å²) < 4.78 is 4.52. The largest absolute Gasteiger partial charge is 0.707 e. The van der Waals surface area contributed by atoms with Gasteiger partial charge in [0, 0.05) is 0 Å². The lowest BCUT2D eigenvalue weighted by Crippen LogP contribution is -2.20. The van der Waals surface area contributed by atoms with Crippen molar-refractivity contribution < 1.29 is 14.7 Å². The van der Waals surface area contributed by atoms with Crippen molar-refractivity contribution in [3.8, 4) is 5.75 Å². The Balaban J connectivity index is 3.04. The first-order chi connectivity index (χ1) is 6.02. The van der Waals surface area contributed by atoms with Crippen molar-refractivity contribution in [1.82, 2.24) is 0 Å². The van der Waals surface area contributed by atoms with Crippen molar-refractivity contribution in [2.24, 2.45) is 0 Å². The van der Waals surface area contributed by atoms with E-state index in [0.29, 0.717) is 0 Å². The molecule has 0 aliphatic heterocycles. The van der Waals surface area contributed by atoms with E-state index in [0.717, 1.165) is 0 Å². The van der Waals surface area contributed by atoms with Gasteiger partial charge in [-0.05, 0) is 12.1 Å². The predicted octanol–water partition coefficient (Wildman–Crippen LogP) is 2.00. The molecule has 2 N–H and O–H groups in total. The van der Waals surface area contributed by atoms with Crippen molar-refractivity contribution in [2.75, 3.05) is 0 Å². The molecule has 13 heavy (non-hydrogen) atoms. The van der Waals surface area contributed by atoms with Crippen LogP contribution in [0.4, 0.5) is 0 Å². The van der Waals surface area contributed by atoms with E-state index in [1.807, 2.05) is 0 Å². The molecule has 0 saturated heterocycles. The molecule has 0 heterocycles. The van der Waals surface area contributed by atoms with Gasteiger partial charge >= 0.3 is 7.32 Å². The number of benzene rings is 1. The normalized spacial score (nSPS) is 9.92. The van der Waals surface area contributed by atoms with Gasteiger partial charge < -0.3 is 14.7 Å². The van der Waals surface area contributed by atoms with Crippen molar-refractivity contribution in [2.45, 2.75) is 0 Å². The van der Waals surface area contributed by atoms with Crippen LogP contribution in [-0.4, -0.2) is 17.4 Å². The van der Waals surface area contributed by atoms with Crippen LogP contribution in [0.2, 0.25) is 15.1 Å². The quantitative estimate of drug-likeness (QED) is 0.615. The highest BCUT2D eigenvalue weighted by Crippen LogP contribution is 2.36. The summed E-state index contributed by atoms with van der Waals surface area (Å²) in [6.45, 7) is 0. The van der Waals surface area contributed by atoms with Crippen molar-refractivity contribution >= 4 is 42.1 Å². The Kier molecular flexibility index (Phi) is 3.70. The van der Waals surface area contributed by atoms with Crippen LogP contribution in [-0.2, 0) is 0 Å². The summed E-state index contributed by atoms with van der Waals surface area (Å²) in [5.74, 6) is 0.0612. The number of hydrogen-bond acceptors (Lipinski definition) is 3. The molecule has 0 unspecified atom stereocenters. The van der Waals surface area contributed by atoms with E-state index in [4.69, 9.17) is 44.9 Å². The van der Waals surface area contributed by atoms with Crippen molar-refractivity contribution in [3.05, 3.63) is 27.2 Å². The Labute approximate surface area is 90.0 Å². The van der Waals surface area contributed by atoms with E-state index in [1.54, 1.807) is 0 Å². The minimum absolute atomic E-state index is 0.0438. The maximum atomic E-state index is 8.49. The molecule has 7 heteroatoms. The van der Waals surface area contributed by atoms with Crippen molar-refractivity contribution in [3.63, 3.8) is 0 Å². The average molecular weight is 241 g/mol. The molecule has 0 aliphatic carbocycles. The minimum atomic E-state index is -1.94. The van der Waals surface area contributed by atoms with Gasteiger partial charge in [-0.2, -0.15) is 0 Å². The van der Waals surface area contributed by atoms with Gasteiger partial charge in [-0.25, -0.2) is 0 Å². The van der Waals surface area contributed by atoms with Crippen LogP contribution in [0.15, 0.2) is 12.1 Å². The fourth-order valence-electron chi connectivity index (χ4n) is 0.713. The van der Waals surface area contributed by atoms with Gasteiger partial charge in [0.15, 0.2) is 0 Å². The summed E-state index contributed by atoms with van der Waals surface area (Å²) in [6, 6.07) is 2.82. The molecule has 0 fully saturated rings. The second-order valence-corrected chi connectivity index (χ2v) is 3.28. The SMILES string of the molecule is OB(O)Oc1ccc(Cl)c(Cl)c1Cl. The predicted molar refractivity (Wildman–Crippen MR) is 52.3 cm³/mol. The van der Waals surface area contributed by atoms with Crippen LogP contribution in [0, 0.1) is 0 Å². The number of rotatable bonds is 2. The third-order valence-electron chi connectivity index (χ3n) is 1.23. The number of halogens is 3. The molecule has 1 rings (SSSR count). The first kappa shape index (κ1) is 11.0. The molecular formula is C6H4BCl3O3. The minimum Gasteiger partial charge on any atom is -0.511 e. The molecule has 0 atom stereocenters. The van der Waals surface area contributed by atoms with Crippen LogP contribution >= 0.6 is 34.8 Å². The van der Waals surface area contributed by atoms with Crippen LogP contribution in [0.1, 0.15) is 0 Å². The second kappa shape index (κ2) is 4.40. The smallest absolute Gasteiger partial charge is 0.511 e. The highest BCUT2D eigenvalue weighted by Gasteiger charge is 2.16. The standard InChI is InChI=1S/C6H4BCl3O3/c8-3-1-2-4(13-7(11)12)6(10)5(3)9/h1-2,11-12H. The zero-order valence-electron chi connectivity index (χ0n) is 6.17. The van der Waals surface area contributed by atoms with Gasteiger partial charge in [0.05, 0.1) is 10.0 Å². The van der Waals surface area contributed by atoms with Crippen molar-refractivity contribution in [1.29, 1.82) is 0 Å². The van der Waals surface area contributed by atoms with Gasteiger partial charge in [-0.3, -0.25) is 0 Å². The fourth-order valence-corrected chi connectivity index (χ4v) is 1.28. The molecule has 0 aliphatic rings. The Hall–Kier alpha value is -0.125. The van der Waals surface area contributed by atoms with Gasteiger partial charge in [0.1, 0.15) is 10.8 Å². The molecule has 0 aromatic heterocycles. The van der Waals surface area contributed by atoms with E-state index in [1.165, 1.54) is 12.1 Å². The van der Waals surface area contributed by atoms with E-state index < -0.39 is 7.32 Å². The summed E-state index contributed by atoms with van der Waals surface area (Å²) >= 11 is 17.0. The molecule has 0 bridgehead atoms. The van der Waals surface area contributed by atoms with E-state index in [9.17, 15) is 0 Å². The van der Waals surface area contributed by atoms with E-state index >= 15 is 0 Å². The third kappa shape index (κ3) is 2.66. The summed E-state index contributed by atoms with van der Waals surface area (Å²) in [5.41, 5.74) is 0. The summed E-state index contributed by atoms with van der Waals surface area (Å²) in [4.78, 5) is 0. The van der Waals surface area contributed by atoms with E-state index in [-0.39, 0.29) is 20.8 Å². The first-order valence-corrected chi connectivity index (χ1v) is 4.32. The Bertz CT molecular complexity index is 318. The lowest BCUT2D eigenvalue weighted by Gasteiger charge is -2.08. The molecule has 70 valence electrons. The highest BCUT2D eigenvalue weighted by molar-refractivity contribution is 6.48. The summed E-state index contributed by atoms with van der Waals surface area (Å²) in [7, 11) is -1.94. The fraction of sp³-hybridized carbons (Fsp3) is 0. The van der Waals surface area contributed by atoms with Gasteiger partial charge in [0.25, 0.3) is 0 Å². The third-order valence-corrected chi connectivity index (χ3v) is 2.51. The van der Waals surface area contributed by atoms with Crippen LogP contribution in [0.3, 0.4) is 0 Å². The molecule has 1 aromatic rings. The molecular weight excluding hydrogens is 237 g/mol. The van der Waals surface area contributed by atoms with Gasteiger partial charge in [-0.1, -0.05) is 34.8 Å². The van der Waals surface area contributed by atoms with Gasteiger partial charge in [0.2, 0.25) is 0 Å². The topological polar surface area (TPSA) is 49.7 Å². The molecule has 0 spiro atoms. The monoisotopic (exact) mass is 240 g/mol. The Morgan fingerprint density at radius 1 is 1.08 bits per heavy atom. The Morgan fingerprint density at radius 2 is 1.69 bits per heavy atom. The highest BCUT2D eigenvalue weighted by atomic mass is 35.5. The summed E-state index contributed by atoms with van der Waals surface area (Å²) in [5, 5.41) is 17.4. The maximum Gasteiger partial charge on any atom is 0.707 e. The molecule has 3 nitrogen and oxygen atoms in total. The lowest BCUT2D eigenvalue weighted by molar-refractivity contribution is 0.288. The first-order valence-electron chi connectivity index (χ1n) is 3.18. The molecule has 1 aromatic carbocycles. The zero-order valence-corrected chi connectivity index (χ0v) is 8.44. The number of hydrogen-bond donors (Lipinski definition) is 2.